The average molecular weight is 320 g/mol. The van der Waals surface area contributed by atoms with E-state index < -0.39 is 17.3 Å². The van der Waals surface area contributed by atoms with Crippen molar-refractivity contribution in [3.8, 4) is 5.75 Å². The van der Waals surface area contributed by atoms with Crippen LogP contribution in [0.25, 0.3) is 0 Å². The highest BCUT2D eigenvalue weighted by atomic mass is 35.5. The lowest BCUT2D eigenvalue weighted by molar-refractivity contribution is -0.118. The number of nitrogens with zero attached hydrogens (tertiary/aromatic N) is 2. The van der Waals surface area contributed by atoms with Crippen LogP contribution in [0.4, 0.5) is 13.9 Å². The second kappa shape index (κ2) is 6.58. The van der Waals surface area contributed by atoms with Crippen LogP contribution in [-0.4, -0.2) is 22.7 Å². The van der Waals surface area contributed by atoms with E-state index in [4.69, 9.17) is 16.3 Å². The molecule has 1 amide bonds. The Morgan fingerprint density at radius 3 is 2.65 bits per heavy atom. The molecule has 0 saturated carbocycles. The molecular formula is C11H8ClF2N3O2S. The van der Waals surface area contributed by atoms with Gasteiger partial charge in [-0.1, -0.05) is 22.9 Å². The lowest BCUT2D eigenvalue weighted by Gasteiger charge is -2.05. The predicted molar refractivity (Wildman–Crippen MR) is 70.4 cm³/mol. The fourth-order valence-corrected chi connectivity index (χ4v) is 1.95. The van der Waals surface area contributed by atoms with Gasteiger partial charge in [-0.25, -0.2) is 8.78 Å². The highest BCUT2D eigenvalue weighted by molar-refractivity contribution is 7.15. The number of carbonyl (C=O) groups excluding carboxylic acids is 1. The lowest BCUT2D eigenvalue weighted by Crippen LogP contribution is -2.20. The molecule has 2 aromatic rings. The lowest BCUT2D eigenvalue weighted by atomic mass is 10.3. The van der Waals surface area contributed by atoms with Gasteiger partial charge in [-0.2, -0.15) is 0 Å². The molecule has 9 heteroatoms. The zero-order valence-corrected chi connectivity index (χ0v) is 11.4. The Morgan fingerprint density at radius 1 is 1.35 bits per heavy atom. The van der Waals surface area contributed by atoms with E-state index in [1.807, 2.05) is 0 Å². The Morgan fingerprint density at radius 2 is 2.05 bits per heavy atom. The van der Waals surface area contributed by atoms with Gasteiger partial charge in [0.2, 0.25) is 5.13 Å². The topological polar surface area (TPSA) is 64.1 Å². The van der Waals surface area contributed by atoms with Crippen LogP contribution in [0.2, 0.25) is 5.02 Å². The van der Waals surface area contributed by atoms with Gasteiger partial charge in [0, 0.05) is 5.02 Å². The third-order valence-electron chi connectivity index (χ3n) is 2.06. The van der Waals surface area contributed by atoms with E-state index in [0.717, 1.165) is 0 Å². The first-order valence-electron chi connectivity index (χ1n) is 5.34. The van der Waals surface area contributed by atoms with Crippen molar-refractivity contribution in [2.45, 2.75) is 6.43 Å². The van der Waals surface area contributed by atoms with E-state index in [2.05, 4.69) is 15.5 Å². The standard InChI is InChI=1S/C11H8ClF2N3O2S/c12-6-1-3-7(4-2-6)19-5-8(18)15-11-17-16-10(20-11)9(13)14/h1-4,9H,5H2,(H,15,17,18). The first kappa shape index (κ1) is 14.6. The molecule has 0 aliphatic rings. The number of nitrogens with one attached hydrogen (secondary N) is 1. The fraction of sp³-hybridized carbons (Fsp3) is 0.182. The van der Waals surface area contributed by atoms with Crippen molar-refractivity contribution in [2.24, 2.45) is 0 Å². The van der Waals surface area contributed by atoms with Crippen LogP contribution in [-0.2, 0) is 4.79 Å². The summed E-state index contributed by atoms with van der Waals surface area (Å²) in [5.41, 5.74) is 0. The normalized spacial score (nSPS) is 10.6. The van der Waals surface area contributed by atoms with Crippen molar-refractivity contribution in [3.05, 3.63) is 34.3 Å². The van der Waals surface area contributed by atoms with Crippen molar-refractivity contribution >= 4 is 34.0 Å². The van der Waals surface area contributed by atoms with Gasteiger partial charge in [0.1, 0.15) is 5.75 Å². The number of hydrogen-bond acceptors (Lipinski definition) is 5. The number of carbonyl (C=O) groups is 1. The highest BCUT2D eigenvalue weighted by Crippen LogP contribution is 2.25. The first-order chi connectivity index (χ1) is 9.54. The minimum absolute atomic E-state index is 0.00464. The zero-order valence-electron chi connectivity index (χ0n) is 9.85. The van der Waals surface area contributed by atoms with Gasteiger partial charge >= 0.3 is 0 Å². The molecule has 2 rings (SSSR count). The van der Waals surface area contributed by atoms with Gasteiger partial charge in [0.05, 0.1) is 0 Å². The van der Waals surface area contributed by atoms with Crippen LogP contribution in [0, 0.1) is 0 Å². The van der Waals surface area contributed by atoms with Crippen LogP contribution in [0.5, 0.6) is 5.75 Å². The van der Waals surface area contributed by atoms with E-state index in [-0.39, 0.29) is 11.7 Å². The minimum atomic E-state index is -2.71. The molecule has 0 fully saturated rings. The van der Waals surface area contributed by atoms with Gasteiger partial charge in [-0.3, -0.25) is 10.1 Å². The number of rotatable bonds is 5. The van der Waals surface area contributed by atoms with Gasteiger partial charge in [-0.05, 0) is 24.3 Å². The summed E-state index contributed by atoms with van der Waals surface area (Å²) in [4.78, 5) is 11.5. The van der Waals surface area contributed by atoms with Crippen LogP contribution < -0.4 is 10.1 Å². The zero-order chi connectivity index (χ0) is 14.5. The van der Waals surface area contributed by atoms with Crippen LogP contribution in [0.1, 0.15) is 11.4 Å². The maximum Gasteiger partial charge on any atom is 0.291 e. The smallest absolute Gasteiger partial charge is 0.291 e. The minimum Gasteiger partial charge on any atom is -0.484 e. The van der Waals surface area contributed by atoms with E-state index in [1.165, 1.54) is 0 Å². The molecule has 1 aromatic carbocycles. The molecule has 5 nitrogen and oxygen atoms in total. The fourth-order valence-electron chi connectivity index (χ4n) is 1.21. The Balaban J connectivity index is 1.84. The molecule has 0 saturated heterocycles. The van der Waals surface area contributed by atoms with E-state index in [9.17, 15) is 13.6 Å². The van der Waals surface area contributed by atoms with E-state index >= 15 is 0 Å². The molecule has 0 radical (unpaired) electrons. The largest absolute Gasteiger partial charge is 0.484 e. The van der Waals surface area contributed by atoms with Crippen LogP contribution >= 0.6 is 22.9 Å². The van der Waals surface area contributed by atoms with Crippen LogP contribution in [0.15, 0.2) is 24.3 Å². The summed E-state index contributed by atoms with van der Waals surface area (Å²) in [7, 11) is 0. The summed E-state index contributed by atoms with van der Waals surface area (Å²) in [6.07, 6.45) is -2.71. The van der Waals surface area contributed by atoms with Crippen molar-refractivity contribution in [1.29, 1.82) is 0 Å². The van der Waals surface area contributed by atoms with Gasteiger partial charge < -0.3 is 4.74 Å². The number of amides is 1. The maximum atomic E-state index is 12.3. The Kier molecular flexibility index (Phi) is 4.80. The Labute approximate surface area is 121 Å². The molecular weight excluding hydrogens is 312 g/mol. The van der Waals surface area contributed by atoms with Gasteiger partial charge in [0.15, 0.2) is 11.6 Å². The summed E-state index contributed by atoms with van der Waals surface area (Å²) in [5, 5.41) is 9.10. The van der Waals surface area contributed by atoms with Gasteiger partial charge in [0.25, 0.3) is 12.3 Å². The molecule has 0 atom stereocenters. The number of halogens is 3. The maximum absolute atomic E-state index is 12.3. The number of hydrogen-bond donors (Lipinski definition) is 1. The summed E-state index contributed by atoms with van der Waals surface area (Å²) in [6, 6.07) is 6.45. The van der Waals surface area contributed by atoms with Crippen molar-refractivity contribution in [2.75, 3.05) is 11.9 Å². The van der Waals surface area contributed by atoms with Crippen molar-refractivity contribution < 1.29 is 18.3 Å². The molecule has 1 heterocycles. The first-order valence-corrected chi connectivity index (χ1v) is 6.54. The predicted octanol–water partition coefficient (Wildman–Crippen LogP) is 3.15. The Hall–Kier alpha value is -1.80. The Bertz CT molecular complexity index is 592. The second-order valence-electron chi connectivity index (χ2n) is 3.54. The molecule has 1 N–H and O–H groups in total. The monoisotopic (exact) mass is 319 g/mol. The number of benzene rings is 1. The highest BCUT2D eigenvalue weighted by Gasteiger charge is 2.15. The van der Waals surface area contributed by atoms with Crippen LogP contribution in [0.3, 0.4) is 0 Å². The summed E-state index contributed by atoms with van der Waals surface area (Å²) < 4.78 is 29.7. The number of aromatic nitrogens is 2. The number of anilines is 1. The molecule has 0 bridgehead atoms. The summed E-state index contributed by atoms with van der Waals surface area (Å²) >= 11 is 6.32. The van der Waals surface area contributed by atoms with Crippen molar-refractivity contribution in [3.63, 3.8) is 0 Å². The van der Waals surface area contributed by atoms with Gasteiger partial charge in [-0.15, -0.1) is 10.2 Å². The quantitative estimate of drug-likeness (QED) is 0.919. The third kappa shape index (κ3) is 4.10. The SMILES string of the molecule is O=C(COc1ccc(Cl)cc1)Nc1nnc(C(F)F)s1. The van der Waals surface area contributed by atoms with E-state index in [1.54, 1.807) is 24.3 Å². The summed E-state index contributed by atoms with van der Waals surface area (Å²) in [5.74, 6) is -0.0491. The van der Waals surface area contributed by atoms with E-state index in [0.29, 0.717) is 22.1 Å². The molecule has 0 aliphatic carbocycles. The number of ether oxygens (including phenoxy) is 1. The molecule has 20 heavy (non-hydrogen) atoms. The molecule has 0 unspecified atom stereocenters. The molecule has 1 aromatic heterocycles. The molecule has 0 spiro atoms. The third-order valence-corrected chi connectivity index (χ3v) is 3.16. The second-order valence-corrected chi connectivity index (χ2v) is 4.98. The number of alkyl halides is 2. The molecule has 0 aliphatic heterocycles. The summed E-state index contributed by atoms with van der Waals surface area (Å²) in [6.45, 7) is -0.273. The average Bonchev–Trinajstić information content (AvgIpc) is 2.87. The van der Waals surface area contributed by atoms with Crippen molar-refractivity contribution in [1.82, 2.24) is 10.2 Å². The molecule has 106 valence electrons.